The normalized spacial score (nSPS) is 11.6. The number of nitrogens with zero attached hydrogens (tertiary/aromatic N) is 5. The van der Waals surface area contributed by atoms with Gasteiger partial charge in [-0.3, -0.25) is 48.4 Å². The molecule has 0 bridgehead atoms. The molecule has 0 atom stereocenters. The van der Waals surface area contributed by atoms with Crippen LogP contribution in [0.2, 0.25) is 0 Å². The van der Waals surface area contributed by atoms with E-state index in [0.717, 1.165) is 0 Å². The zero-order valence-corrected chi connectivity index (χ0v) is 23.9. The summed E-state index contributed by atoms with van der Waals surface area (Å²) in [5.41, 5.74) is 0. The van der Waals surface area contributed by atoms with Crippen LogP contribution in [0.4, 0.5) is 0 Å². The highest BCUT2D eigenvalue weighted by molar-refractivity contribution is 5.73. The summed E-state index contributed by atoms with van der Waals surface area (Å²) in [6.45, 7) is 3.33. The fraction of sp³-hybridized carbons (Fsp3) is 0.750. The molecule has 0 heterocycles. The number of aliphatic carboxylic acids is 6. The van der Waals surface area contributed by atoms with E-state index in [9.17, 15) is 28.8 Å². The molecule has 0 aliphatic rings. The number of rotatable bonds is 28. The second-order valence-corrected chi connectivity index (χ2v) is 9.52. The van der Waals surface area contributed by atoms with E-state index in [1.165, 1.54) is 14.7 Å². The first-order valence-electron chi connectivity index (χ1n) is 13.3. The number of carbonyl (C=O) groups is 6. The first-order valence-corrected chi connectivity index (χ1v) is 13.3. The van der Waals surface area contributed by atoms with Crippen molar-refractivity contribution in [1.29, 1.82) is 0 Å². The van der Waals surface area contributed by atoms with Crippen LogP contribution in [-0.4, -0.2) is 202 Å². The second-order valence-electron chi connectivity index (χ2n) is 9.52. The van der Waals surface area contributed by atoms with E-state index >= 15 is 0 Å². The summed E-state index contributed by atoms with van der Waals surface area (Å²) in [5.74, 6) is -6.91. The highest BCUT2D eigenvalue weighted by Crippen LogP contribution is 1.98. The fourth-order valence-corrected chi connectivity index (χ4v) is 4.00. The van der Waals surface area contributed by atoms with Gasteiger partial charge < -0.3 is 40.9 Å². The minimum atomic E-state index is -1.17. The van der Waals surface area contributed by atoms with Crippen LogP contribution in [0, 0.1) is 0 Å². The van der Waals surface area contributed by atoms with Gasteiger partial charge in [0.15, 0.2) is 0 Å². The molecule has 0 rings (SSSR count). The molecule has 18 nitrogen and oxygen atoms in total. The van der Waals surface area contributed by atoms with Gasteiger partial charge in [-0.15, -0.1) is 0 Å². The number of carboxylic acid groups (broad SMARTS) is 6. The van der Waals surface area contributed by atoms with Crippen molar-refractivity contribution in [3.63, 3.8) is 0 Å². The third-order valence-electron chi connectivity index (χ3n) is 6.01. The van der Waals surface area contributed by atoms with Gasteiger partial charge in [0.05, 0.1) is 39.3 Å². The Morgan fingerprint density at radius 2 is 0.643 bits per heavy atom. The van der Waals surface area contributed by atoms with Crippen LogP contribution in [0.25, 0.3) is 0 Å². The Morgan fingerprint density at radius 3 is 0.929 bits per heavy atom. The molecule has 242 valence electrons. The SMILES string of the molecule is CCN(CCN(CCNCCN(CC(=O)O)CC(=O)O)CCN(CC(=O)O)CC(=O)O)CCN(CC(=O)O)CC(=O)O. The molecule has 0 saturated carbocycles. The van der Waals surface area contributed by atoms with E-state index in [1.54, 1.807) is 0 Å². The molecule has 0 aliphatic heterocycles. The van der Waals surface area contributed by atoms with Crippen LogP contribution in [-0.2, 0) is 28.8 Å². The maximum atomic E-state index is 11.2. The van der Waals surface area contributed by atoms with Gasteiger partial charge in [-0.1, -0.05) is 6.92 Å². The Balaban J connectivity index is 5.17. The van der Waals surface area contributed by atoms with E-state index in [4.69, 9.17) is 30.6 Å². The minimum absolute atomic E-state index is 0.153. The first kappa shape index (κ1) is 38.6. The topological polar surface area (TPSA) is 252 Å². The molecular weight excluding hydrogens is 564 g/mol. The van der Waals surface area contributed by atoms with Gasteiger partial charge in [-0.25, -0.2) is 0 Å². The zero-order valence-electron chi connectivity index (χ0n) is 23.9. The van der Waals surface area contributed by atoms with E-state index in [0.29, 0.717) is 52.4 Å². The lowest BCUT2D eigenvalue weighted by Gasteiger charge is -2.30. The van der Waals surface area contributed by atoms with Crippen LogP contribution >= 0.6 is 0 Å². The van der Waals surface area contributed by atoms with Crippen molar-refractivity contribution in [3.05, 3.63) is 0 Å². The highest BCUT2D eigenvalue weighted by Gasteiger charge is 2.18. The smallest absolute Gasteiger partial charge is 0.317 e. The molecule has 0 amide bonds. The lowest BCUT2D eigenvalue weighted by Crippen LogP contribution is -2.46. The Morgan fingerprint density at radius 1 is 0.405 bits per heavy atom. The molecule has 0 unspecified atom stereocenters. The summed E-state index contributed by atoms with van der Waals surface area (Å²) in [6, 6.07) is 0. The van der Waals surface area contributed by atoms with Crippen LogP contribution in [0.15, 0.2) is 0 Å². The Hall–Kier alpha value is -3.42. The molecule has 0 aromatic carbocycles. The molecule has 0 spiro atoms. The third kappa shape index (κ3) is 22.3. The van der Waals surface area contributed by atoms with Crippen molar-refractivity contribution >= 4 is 35.8 Å². The van der Waals surface area contributed by atoms with Gasteiger partial charge in [0.1, 0.15) is 0 Å². The van der Waals surface area contributed by atoms with Crippen molar-refractivity contribution < 1.29 is 59.4 Å². The van der Waals surface area contributed by atoms with Crippen LogP contribution in [0.3, 0.4) is 0 Å². The number of nitrogens with one attached hydrogen (secondary N) is 1. The van der Waals surface area contributed by atoms with Gasteiger partial charge in [0.25, 0.3) is 0 Å². The molecule has 0 aromatic rings. The Bertz CT molecular complexity index is 829. The number of likely N-dealkylation sites (N-methyl/N-ethyl adjacent to an activating group) is 1. The standard InChI is InChI=1S/C24H44N6O12/c1-2-26(8-11-29(15-21(35)36)16-22(37)38)7-9-27(10-12-30(17-23(39)40)18-24(41)42)5-3-25-4-6-28(13-19(31)32)14-20(33)34/h25H,2-18H2,1H3,(H,31,32)(H,33,34)(H,35,36)(H,37,38)(H,39,40)(H,41,42). The summed E-state index contributed by atoms with van der Waals surface area (Å²) in [6.07, 6.45) is 0. The van der Waals surface area contributed by atoms with E-state index < -0.39 is 75.1 Å². The number of hydrogen-bond acceptors (Lipinski definition) is 12. The Labute approximate surface area is 243 Å². The van der Waals surface area contributed by atoms with Crippen molar-refractivity contribution in [2.45, 2.75) is 6.92 Å². The zero-order chi connectivity index (χ0) is 32.1. The number of hydrogen-bond donors (Lipinski definition) is 7. The monoisotopic (exact) mass is 608 g/mol. The quantitative estimate of drug-likeness (QED) is 0.0428. The predicted molar refractivity (Wildman–Crippen MR) is 147 cm³/mol. The maximum absolute atomic E-state index is 11.2. The lowest BCUT2D eigenvalue weighted by atomic mass is 10.3. The van der Waals surface area contributed by atoms with Crippen LogP contribution in [0.5, 0.6) is 0 Å². The predicted octanol–water partition coefficient (Wildman–Crippen LogP) is -3.39. The van der Waals surface area contributed by atoms with Crippen molar-refractivity contribution in [1.82, 2.24) is 29.8 Å². The molecular formula is C24H44N6O12. The maximum Gasteiger partial charge on any atom is 0.317 e. The van der Waals surface area contributed by atoms with E-state index in [1.807, 2.05) is 16.7 Å². The van der Waals surface area contributed by atoms with Crippen LogP contribution in [0.1, 0.15) is 6.92 Å². The largest absolute Gasteiger partial charge is 0.480 e. The molecule has 18 heteroatoms. The van der Waals surface area contributed by atoms with Gasteiger partial charge in [0, 0.05) is 65.4 Å². The molecule has 7 N–H and O–H groups in total. The summed E-state index contributed by atoms with van der Waals surface area (Å²) < 4.78 is 0. The Kier molecular flexibility index (Phi) is 20.4. The fourth-order valence-electron chi connectivity index (χ4n) is 4.00. The summed E-state index contributed by atoms with van der Waals surface area (Å²) in [5, 5.41) is 57.4. The van der Waals surface area contributed by atoms with Gasteiger partial charge in [-0.05, 0) is 6.54 Å². The summed E-state index contributed by atoms with van der Waals surface area (Å²) >= 11 is 0. The number of carboxylic acids is 6. The molecule has 0 saturated heterocycles. The summed E-state index contributed by atoms with van der Waals surface area (Å²) in [4.78, 5) is 74.2. The van der Waals surface area contributed by atoms with Gasteiger partial charge >= 0.3 is 35.8 Å². The van der Waals surface area contributed by atoms with Crippen LogP contribution < -0.4 is 5.32 Å². The van der Waals surface area contributed by atoms with Gasteiger partial charge in [-0.2, -0.15) is 0 Å². The lowest BCUT2D eigenvalue weighted by molar-refractivity contribution is -0.143. The van der Waals surface area contributed by atoms with E-state index in [-0.39, 0.29) is 19.6 Å². The minimum Gasteiger partial charge on any atom is -0.480 e. The molecule has 0 aromatic heterocycles. The van der Waals surface area contributed by atoms with Crippen molar-refractivity contribution in [2.24, 2.45) is 0 Å². The summed E-state index contributed by atoms with van der Waals surface area (Å²) in [7, 11) is 0. The van der Waals surface area contributed by atoms with Gasteiger partial charge in [0.2, 0.25) is 0 Å². The molecule has 0 radical (unpaired) electrons. The third-order valence-corrected chi connectivity index (χ3v) is 6.01. The van der Waals surface area contributed by atoms with E-state index in [2.05, 4.69) is 5.32 Å². The van der Waals surface area contributed by atoms with Crippen molar-refractivity contribution in [3.8, 4) is 0 Å². The first-order chi connectivity index (χ1) is 19.7. The average molecular weight is 609 g/mol. The average Bonchev–Trinajstić information content (AvgIpc) is 2.83. The van der Waals surface area contributed by atoms with Crippen molar-refractivity contribution in [2.75, 3.05) is 111 Å². The highest BCUT2D eigenvalue weighted by atomic mass is 16.4. The molecule has 0 fully saturated rings. The second kappa shape index (κ2) is 22.2. The molecule has 42 heavy (non-hydrogen) atoms. The molecule has 0 aliphatic carbocycles.